The minimum absolute atomic E-state index is 0. The Morgan fingerprint density at radius 1 is 0.846 bits per heavy atom. The van der Waals surface area contributed by atoms with Gasteiger partial charge >= 0.3 is 23.3 Å². The molecule has 9 rings (SSSR count). The number of anilines is 1. The Morgan fingerprint density at radius 3 is 2.17 bits per heavy atom. The molecule has 2 atom stereocenters. The summed E-state index contributed by atoms with van der Waals surface area (Å²) in [4.78, 5) is 14.7. The van der Waals surface area contributed by atoms with Crippen molar-refractivity contribution in [1.29, 1.82) is 0 Å². The van der Waals surface area contributed by atoms with Crippen LogP contribution in [0.15, 0.2) is 142 Å². The first kappa shape index (κ1) is 48.2. The number of carbonyl (C=O) groups is 1. The van der Waals surface area contributed by atoms with Crippen LogP contribution in [0.25, 0.3) is 16.5 Å². The van der Waals surface area contributed by atoms with E-state index in [1.54, 1.807) is 43.3 Å². The molecule has 65 heavy (non-hydrogen) atoms. The molecule has 0 amide bonds. The first-order valence-electron chi connectivity index (χ1n) is 20.7. The number of para-hydroxylation sites is 1. The van der Waals surface area contributed by atoms with Gasteiger partial charge in [0.2, 0.25) is 5.71 Å². The maximum atomic E-state index is 13.0. The molecule has 3 heterocycles. The van der Waals surface area contributed by atoms with Crippen LogP contribution in [0.2, 0.25) is 0 Å². The third-order valence-electron chi connectivity index (χ3n) is 11.6. The van der Waals surface area contributed by atoms with Crippen molar-refractivity contribution >= 4 is 62.0 Å². The van der Waals surface area contributed by atoms with E-state index in [1.807, 2.05) is 24.3 Å². The number of hydrogen-bond acceptors (Lipinski definition) is 12. The third-order valence-corrected chi connectivity index (χ3v) is 12.5. The van der Waals surface area contributed by atoms with Gasteiger partial charge in [-0.1, -0.05) is 72.5 Å². The van der Waals surface area contributed by atoms with E-state index in [4.69, 9.17) is 9.47 Å². The summed E-state index contributed by atoms with van der Waals surface area (Å²) in [6, 6.07) is 29.4. The number of rotatable bonds is 9. The smallest absolute Gasteiger partial charge is 0.871 e. The minimum atomic E-state index is -4.86. The van der Waals surface area contributed by atoms with Gasteiger partial charge in [0.1, 0.15) is 40.4 Å². The predicted octanol–water partition coefficient (Wildman–Crippen LogP) is 8.12. The first-order valence-corrected chi connectivity index (χ1v) is 22.1. The number of aromatic nitrogens is 2. The van der Waals surface area contributed by atoms with Crippen molar-refractivity contribution in [3.63, 3.8) is 0 Å². The Kier molecular flexibility index (Phi) is 14.4. The zero-order valence-electron chi connectivity index (χ0n) is 36.1. The Hall–Kier alpha value is -6.28. The molecule has 3 aliphatic rings. The Morgan fingerprint density at radius 2 is 1.49 bits per heavy atom. The van der Waals surface area contributed by atoms with Crippen molar-refractivity contribution in [3.05, 3.63) is 149 Å². The molecule has 1 spiro atoms. The van der Waals surface area contributed by atoms with Crippen LogP contribution >= 0.6 is 12.4 Å². The third kappa shape index (κ3) is 8.68. The summed E-state index contributed by atoms with van der Waals surface area (Å²) in [6.45, 7) is 13.8. The number of hydrogen-bond donors (Lipinski definition) is 0. The van der Waals surface area contributed by atoms with E-state index < -0.39 is 32.2 Å². The molecular weight excluding hydrogens is 908 g/mol. The molecule has 0 N–H and O–H groups in total. The van der Waals surface area contributed by atoms with E-state index in [0.29, 0.717) is 16.9 Å². The van der Waals surface area contributed by atoms with Crippen molar-refractivity contribution in [1.82, 2.24) is 9.78 Å². The van der Waals surface area contributed by atoms with Gasteiger partial charge in [0.05, 0.1) is 33.4 Å². The fraction of sp³-hybridized carbons (Fsp3) is 0.229. The van der Waals surface area contributed by atoms with Gasteiger partial charge in [-0.25, -0.2) is 22.5 Å². The van der Waals surface area contributed by atoms with E-state index in [1.165, 1.54) is 22.9 Å². The Balaban J connectivity index is 0.000000210. The van der Waals surface area contributed by atoms with Crippen LogP contribution < -0.4 is 19.8 Å². The number of carbonyl (C=O) groups excluding carboxylic acids is 1. The second-order valence-electron chi connectivity index (χ2n) is 15.0. The van der Waals surface area contributed by atoms with Crippen LogP contribution in [-0.4, -0.2) is 65.2 Å². The molecular formula is C48H45ClCrN6O8S+. The molecule has 1 radical (unpaired) electrons. The average Bonchev–Trinajstić information content (AvgIpc) is 3.75. The van der Waals surface area contributed by atoms with Gasteiger partial charge in [0, 0.05) is 64.8 Å². The van der Waals surface area contributed by atoms with Gasteiger partial charge in [-0.3, -0.25) is 0 Å². The average molecular weight is 953 g/mol. The van der Waals surface area contributed by atoms with Gasteiger partial charge in [0.15, 0.2) is 5.60 Å². The maximum absolute atomic E-state index is 13.0. The number of allylic oxidation sites excluding steroid dienone is 2. The molecule has 14 nitrogen and oxygen atoms in total. The van der Waals surface area contributed by atoms with Crippen LogP contribution in [0.5, 0.6) is 17.4 Å². The number of halogens is 1. The van der Waals surface area contributed by atoms with Crippen LogP contribution in [-0.2, 0) is 37.8 Å². The van der Waals surface area contributed by atoms with Crippen molar-refractivity contribution in [2.45, 2.75) is 45.1 Å². The zero-order chi connectivity index (χ0) is 44.6. The van der Waals surface area contributed by atoms with Crippen LogP contribution in [0.4, 0.5) is 17.1 Å². The summed E-state index contributed by atoms with van der Waals surface area (Å²) in [6.07, 6.45) is 6.39. The SMILES string of the molecule is CCN(CC)c1ccc2c(c1)OC1=CC(=[N+](CC)CC)C=CC1C21OC(=O)c2ccccc21.Cc1nn(-c2ccccc2)c([O-])c1N=Nc1c([O-])cc(S(=O)(=O)[O-])c2ccccc12.Cl.[Cr+3]. The normalized spacial score (nSPS) is 16.8. The molecule has 2 aliphatic heterocycles. The van der Waals surface area contributed by atoms with Crippen LogP contribution in [0.3, 0.4) is 0 Å². The topological polar surface area (TPSA) is 188 Å². The van der Waals surface area contributed by atoms with E-state index in [-0.39, 0.29) is 63.8 Å². The van der Waals surface area contributed by atoms with Gasteiger partial charge in [-0.05, 0) is 71.0 Å². The molecule has 1 aromatic heterocycles. The zero-order valence-corrected chi connectivity index (χ0v) is 39.0. The molecule has 0 bridgehead atoms. The number of esters is 1. The fourth-order valence-electron chi connectivity index (χ4n) is 8.51. The molecule has 17 heteroatoms. The van der Waals surface area contributed by atoms with Crippen molar-refractivity contribution in [3.8, 4) is 23.1 Å². The van der Waals surface area contributed by atoms with Gasteiger partial charge in [-0.2, -0.15) is 10.2 Å². The number of nitrogens with zero attached hydrogens (tertiary/aromatic N) is 6. The first-order chi connectivity index (χ1) is 30.3. The molecule has 0 saturated heterocycles. The molecule has 2 unspecified atom stereocenters. The monoisotopic (exact) mass is 952 g/mol. The fourth-order valence-corrected chi connectivity index (χ4v) is 9.21. The van der Waals surface area contributed by atoms with Crippen LogP contribution in [0, 0.1) is 12.8 Å². The van der Waals surface area contributed by atoms with E-state index in [2.05, 4.69) is 88.9 Å². The molecule has 5 aromatic carbocycles. The molecule has 333 valence electrons. The quantitative estimate of drug-likeness (QED) is 0.0593. The maximum Gasteiger partial charge on any atom is 3.00 e. The van der Waals surface area contributed by atoms with Crippen molar-refractivity contribution in [2.75, 3.05) is 31.1 Å². The standard InChI is InChI=1S/C28H31N2O3.C20H16N4O5S.ClH.Cr/c1-5-29(6-2)19-13-15-23-25(17-19)32-26-18-20(30(7-3)8-4)14-16-24(26)28(23)22-12-10-9-11-21(22)27(31)33-28;1-12-18(20(26)24(23-12)13-7-3-2-4-8-13)21-22-19-15-10-6-5-9-14(15)17(11-16(19)25)30(27,28)29;;/h9-18,23H,5-8H2,1-4H3;2-11,25-26H,1H3,(H,27,28,29);1H;/q+1;;;+3/p-3. The van der Waals surface area contributed by atoms with E-state index in [0.717, 1.165) is 66.3 Å². The van der Waals surface area contributed by atoms with Crippen LogP contribution in [0.1, 0.15) is 54.9 Å². The Labute approximate surface area is 394 Å². The summed E-state index contributed by atoms with van der Waals surface area (Å²) in [7, 11) is -4.86. The summed E-state index contributed by atoms with van der Waals surface area (Å²) in [5.74, 6) is -0.257. The number of benzene rings is 5. The number of fused-ring (bicyclic) bond motifs is 7. The largest absolute Gasteiger partial charge is 3.00 e. The van der Waals surface area contributed by atoms with E-state index >= 15 is 0 Å². The van der Waals surface area contributed by atoms with Crippen molar-refractivity contribution in [2.24, 2.45) is 16.1 Å². The Bertz CT molecular complexity index is 3020. The summed E-state index contributed by atoms with van der Waals surface area (Å²) in [5, 5.41) is 37.4. The summed E-state index contributed by atoms with van der Waals surface area (Å²) >= 11 is 0. The van der Waals surface area contributed by atoms with Gasteiger partial charge in [-0.15, -0.1) is 17.5 Å². The molecule has 0 saturated carbocycles. The predicted molar refractivity (Wildman–Crippen MR) is 241 cm³/mol. The number of aryl methyl sites for hydroxylation is 1. The van der Waals surface area contributed by atoms with E-state index in [9.17, 15) is 28.0 Å². The molecule has 1 aliphatic carbocycles. The minimum Gasteiger partial charge on any atom is -0.871 e. The molecule has 6 aromatic rings. The summed E-state index contributed by atoms with van der Waals surface area (Å²) < 4.78 is 50.9. The number of ether oxygens (including phenoxy) is 2. The van der Waals surface area contributed by atoms with Gasteiger partial charge < -0.3 is 29.1 Å². The second kappa shape index (κ2) is 19.4. The van der Waals surface area contributed by atoms with Gasteiger partial charge in [0.25, 0.3) is 0 Å². The second-order valence-corrected chi connectivity index (χ2v) is 16.4. The number of azo groups is 1. The molecule has 0 fully saturated rings. The van der Waals surface area contributed by atoms with Crippen molar-refractivity contribution < 1.29 is 59.4 Å². The summed E-state index contributed by atoms with van der Waals surface area (Å²) in [5.41, 5.74) is 4.34.